The minimum absolute atomic E-state index is 0.0573. The Kier molecular flexibility index (Phi) is 6.58. The zero-order valence-corrected chi connectivity index (χ0v) is 16.9. The molecule has 0 spiro atoms. The first-order valence-electron chi connectivity index (χ1n) is 8.69. The van der Waals surface area contributed by atoms with Crippen LogP contribution in [0.25, 0.3) is 10.9 Å². The van der Waals surface area contributed by atoms with Crippen molar-refractivity contribution >= 4 is 46.0 Å². The molecule has 1 N–H and O–H groups in total. The predicted octanol–water partition coefficient (Wildman–Crippen LogP) is 4.26. The van der Waals surface area contributed by atoms with Crippen LogP contribution in [0.4, 0.5) is 5.69 Å². The molecular weight excluding hydrogens is 378 g/mol. The normalized spacial score (nSPS) is 10.9. The maximum Gasteiger partial charge on any atom is 0.262 e. The van der Waals surface area contributed by atoms with Crippen molar-refractivity contribution in [2.24, 2.45) is 0 Å². The summed E-state index contributed by atoms with van der Waals surface area (Å²) in [6, 6.07) is 15.0. The number of carbonyl (C=O) groups excluding carboxylic acids is 1. The second kappa shape index (κ2) is 9.10. The number of nitrogens with one attached hydrogen (secondary N) is 1. The Morgan fingerprint density at radius 2 is 1.89 bits per heavy atom. The van der Waals surface area contributed by atoms with E-state index in [0.29, 0.717) is 22.6 Å². The summed E-state index contributed by atoms with van der Waals surface area (Å²) in [7, 11) is 0. The van der Waals surface area contributed by atoms with Gasteiger partial charge in [0.1, 0.15) is 0 Å². The van der Waals surface area contributed by atoms with Gasteiger partial charge in [0.05, 0.1) is 22.3 Å². The molecule has 0 bridgehead atoms. The summed E-state index contributed by atoms with van der Waals surface area (Å²) in [5.74, 6) is 0.0731. The number of amides is 1. The molecule has 3 rings (SSSR count). The lowest BCUT2D eigenvalue weighted by Crippen LogP contribution is -2.24. The predicted molar refractivity (Wildman–Crippen MR) is 114 cm³/mol. The van der Waals surface area contributed by atoms with Gasteiger partial charge in [-0.25, -0.2) is 4.98 Å². The second-order valence-electron chi connectivity index (χ2n) is 5.91. The number of carbonyl (C=O) groups is 1. The van der Waals surface area contributed by atoms with Gasteiger partial charge in [0.15, 0.2) is 5.16 Å². The van der Waals surface area contributed by atoms with E-state index in [9.17, 15) is 9.59 Å². The zero-order chi connectivity index (χ0) is 19.2. The van der Waals surface area contributed by atoms with Crippen molar-refractivity contribution in [3.63, 3.8) is 0 Å². The number of nitrogens with zero attached hydrogens (tertiary/aromatic N) is 2. The van der Waals surface area contributed by atoms with Crippen LogP contribution in [0.5, 0.6) is 0 Å². The molecule has 0 saturated carbocycles. The van der Waals surface area contributed by atoms with Crippen molar-refractivity contribution in [2.45, 2.75) is 29.9 Å². The van der Waals surface area contributed by atoms with E-state index in [2.05, 4.69) is 10.3 Å². The van der Waals surface area contributed by atoms with Crippen LogP contribution in [-0.2, 0) is 11.3 Å². The molecule has 0 aliphatic heterocycles. The number of benzene rings is 2. The highest BCUT2D eigenvalue weighted by molar-refractivity contribution is 7.99. The average Bonchev–Trinajstić information content (AvgIpc) is 2.69. The first kappa shape index (κ1) is 19.5. The molecule has 0 saturated heterocycles. The molecule has 0 radical (unpaired) electrons. The van der Waals surface area contributed by atoms with E-state index in [4.69, 9.17) is 0 Å². The van der Waals surface area contributed by atoms with Crippen LogP contribution in [-0.4, -0.2) is 27.5 Å². The van der Waals surface area contributed by atoms with Gasteiger partial charge in [0, 0.05) is 11.4 Å². The Morgan fingerprint density at radius 3 is 2.67 bits per heavy atom. The maximum absolute atomic E-state index is 12.8. The monoisotopic (exact) mass is 399 g/mol. The Hall–Kier alpha value is -2.25. The lowest BCUT2D eigenvalue weighted by Gasteiger charge is -2.13. The Labute approximate surface area is 166 Å². The number of hydrogen-bond acceptors (Lipinski definition) is 5. The number of anilines is 1. The lowest BCUT2D eigenvalue weighted by molar-refractivity contribution is -0.113. The molecule has 1 aromatic heterocycles. The molecular formula is C20H21N3O2S2. The first-order chi connectivity index (χ1) is 13.1. The van der Waals surface area contributed by atoms with Gasteiger partial charge in [-0.2, -0.15) is 0 Å². The summed E-state index contributed by atoms with van der Waals surface area (Å²) in [6.45, 7) is 2.60. The van der Waals surface area contributed by atoms with E-state index in [1.165, 1.54) is 11.8 Å². The number of fused-ring (bicyclic) bond motifs is 1. The fraction of sp³-hybridized carbons (Fsp3) is 0.250. The van der Waals surface area contributed by atoms with Crippen molar-refractivity contribution in [3.05, 3.63) is 58.9 Å². The molecule has 27 heavy (non-hydrogen) atoms. The van der Waals surface area contributed by atoms with Gasteiger partial charge >= 0.3 is 0 Å². The third-order valence-corrected chi connectivity index (χ3v) is 5.76. The Bertz CT molecular complexity index is 1020. The van der Waals surface area contributed by atoms with Crippen LogP contribution in [0, 0.1) is 0 Å². The van der Waals surface area contributed by atoms with Crippen LogP contribution in [0.15, 0.2) is 63.4 Å². The number of aromatic nitrogens is 2. The topological polar surface area (TPSA) is 64.0 Å². The highest BCUT2D eigenvalue weighted by Crippen LogP contribution is 2.25. The number of rotatable bonds is 7. The van der Waals surface area contributed by atoms with Crippen molar-refractivity contribution in [3.8, 4) is 0 Å². The first-order valence-corrected chi connectivity index (χ1v) is 10.9. The highest BCUT2D eigenvalue weighted by atomic mass is 32.2. The largest absolute Gasteiger partial charge is 0.324 e. The number of hydrogen-bond donors (Lipinski definition) is 1. The smallest absolute Gasteiger partial charge is 0.262 e. The van der Waals surface area contributed by atoms with Crippen LogP contribution in [0.3, 0.4) is 0 Å². The molecule has 0 atom stereocenters. The van der Waals surface area contributed by atoms with Crippen LogP contribution in [0.1, 0.15) is 13.3 Å². The van der Waals surface area contributed by atoms with Gasteiger partial charge in [-0.15, -0.1) is 11.8 Å². The van der Waals surface area contributed by atoms with Gasteiger partial charge in [0.25, 0.3) is 5.56 Å². The fourth-order valence-corrected chi connectivity index (χ4v) is 4.12. The standard InChI is InChI=1S/C20H21N3O2S2/c1-3-12-23-19(25)14-8-4-5-9-15(14)22-20(23)27-13-18(24)21-16-10-6-7-11-17(16)26-2/h4-11H,3,12-13H2,1-2H3,(H,21,24). The Morgan fingerprint density at radius 1 is 1.15 bits per heavy atom. The summed E-state index contributed by atoms with van der Waals surface area (Å²) in [4.78, 5) is 30.8. The van der Waals surface area contributed by atoms with Crippen molar-refractivity contribution in [1.82, 2.24) is 9.55 Å². The van der Waals surface area contributed by atoms with E-state index in [1.807, 2.05) is 55.6 Å². The van der Waals surface area contributed by atoms with Gasteiger partial charge in [-0.1, -0.05) is 43.0 Å². The highest BCUT2D eigenvalue weighted by Gasteiger charge is 2.13. The molecule has 2 aromatic carbocycles. The molecule has 1 amide bonds. The average molecular weight is 400 g/mol. The van der Waals surface area contributed by atoms with Gasteiger partial charge in [0.2, 0.25) is 5.91 Å². The molecule has 0 fully saturated rings. The zero-order valence-electron chi connectivity index (χ0n) is 15.3. The molecule has 7 heteroatoms. The molecule has 5 nitrogen and oxygen atoms in total. The number of thioether (sulfide) groups is 2. The molecule has 1 heterocycles. The van der Waals surface area contributed by atoms with Crippen molar-refractivity contribution in [2.75, 3.05) is 17.3 Å². The van der Waals surface area contributed by atoms with E-state index in [0.717, 1.165) is 17.0 Å². The summed E-state index contributed by atoms with van der Waals surface area (Å²) in [5.41, 5.74) is 1.40. The third kappa shape index (κ3) is 4.54. The lowest BCUT2D eigenvalue weighted by atomic mass is 10.2. The maximum atomic E-state index is 12.8. The molecule has 0 unspecified atom stereocenters. The fourth-order valence-electron chi connectivity index (χ4n) is 2.74. The van der Waals surface area contributed by atoms with Crippen LogP contribution < -0.4 is 10.9 Å². The van der Waals surface area contributed by atoms with E-state index >= 15 is 0 Å². The van der Waals surface area contributed by atoms with Gasteiger partial charge in [-0.3, -0.25) is 14.2 Å². The van der Waals surface area contributed by atoms with Gasteiger partial charge < -0.3 is 5.32 Å². The van der Waals surface area contributed by atoms with Crippen LogP contribution in [0.2, 0.25) is 0 Å². The summed E-state index contributed by atoms with van der Waals surface area (Å²) in [5, 5.41) is 4.12. The van der Waals surface area contributed by atoms with E-state index in [-0.39, 0.29) is 17.2 Å². The number of para-hydroxylation sites is 2. The van der Waals surface area contributed by atoms with Crippen molar-refractivity contribution in [1.29, 1.82) is 0 Å². The third-order valence-electron chi connectivity index (χ3n) is 3.99. The summed E-state index contributed by atoms with van der Waals surface area (Å²) >= 11 is 2.87. The van der Waals surface area contributed by atoms with E-state index in [1.54, 1.807) is 22.4 Å². The summed E-state index contributed by atoms with van der Waals surface area (Å²) in [6.07, 6.45) is 2.79. The molecule has 3 aromatic rings. The summed E-state index contributed by atoms with van der Waals surface area (Å²) < 4.78 is 1.66. The quantitative estimate of drug-likeness (QED) is 0.475. The van der Waals surface area contributed by atoms with Crippen molar-refractivity contribution < 1.29 is 4.79 Å². The second-order valence-corrected chi connectivity index (χ2v) is 7.70. The van der Waals surface area contributed by atoms with Crippen LogP contribution >= 0.6 is 23.5 Å². The SMILES string of the molecule is CCCn1c(SCC(=O)Nc2ccccc2SC)nc2ccccc2c1=O. The van der Waals surface area contributed by atoms with E-state index < -0.39 is 0 Å². The molecule has 0 aliphatic rings. The van der Waals surface area contributed by atoms with Gasteiger partial charge in [-0.05, 0) is 36.9 Å². The Balaban J connectivity index is 1.80. The minimum atomic E-state index is -0.119. The minimum Gasteiger partial charge on any atom is -0.324 e. The molecule has 140 valence electrons. The molecule has 0 aliphatic carbocycles.